The van der Waals surface area contributed by atoms with Gasteiger partial charge in [-0.05, 0) is 57.9 Å². The fraction of sp³-hybridized carbons (Fsp3) is 0.417. The van der Waals surface area contributed by atoms with Gasteiger partial charge in [-0.2, -0.15) is 0 Å². The van der Waals surface area contributed by atoms with Crippen molar-refractivity contribution in [1.29, 1.82) is 0 Å². The van der Waals surface area contributed by atoms with E-state index in [0.717, 1.165) is 42.3 Å². The standard InChI is InChI=1S/C24H34N4O3.HI/c1-5-26-23(28-16-19-8-6-7-9-21(19)31-24(2,3)4)27-15-14-18-10-12-20(13-11-18)30-17-22(25)29;/h6-13H,5,14-17H2,1-4H3,(H2,25,29)(H2,26,27,28);1H. The van der Waals surface area contributed by atoms with Crippen LogP contribution in [0.5, 0.6) is 11.5 Å². The Morgan fingerprint density at radius 3 is 2.38 bits per heavy atom. The molecule has 0 aliphatic carbocycles. The number of aliphatic imine (C=N–C) groups is 1. The molecule has 8 heteroatoms. The van der Waals surface area contributed by atoms with Crippen LogP contribution in [-0.2, 0) is 17.8 Å². The molecule has 4 N–H and O–H groups in total. The molecule has 2 aromatic rings. The van der Waals surface area contributed by atoms with Crippen LogP contribution in [0.1, 0.15) is 38.8 Å². The molecule has 0 heterocycles. The Hall–Kier alpha value is -2.49. The number of nitrogens with one attached hydrogen (secondary N) is 2. The Bertz CT molecular complexity index is 864. The first-order chi connectivity index (χ1) is 14.8. The van der Waals surface area contributed by atoms with Crippen molar-refractivity contribution in [3.05, 3.63) is 59.7 Å². The Morgan fingerprint density at radius 1 is 1.06 bits per heavy atom. The van der Waals surface area contributed by atoms with E-state index >= 15 is 0 Å². The van der Waals surface area contributed by atoms with Crippen molar-refractivity contribution in [3.8, 4) is 11.5 Å². The molecule has 2 rings (SSSR count). The maximum atomic E-state index is 10.8. The monoisotopic (exact) mass is 554 g/mol. The van der Waals surface area contributed by atoms with E-state index < -0.39 is 5.91 Å². The zero-order valence-electron chi connectivity index (χ0n) is 19.3. The van der Waals surface area contributed by atoms with Crippen LogP contribution in [0, 0.1) is 0 Å². The first kappa shape index (κ1) is 27.5. The van der Waals surface area contributed by atoms with Gasteiger partial charge in [0.1, 0.15) is 17.1 Å². The highest BCUT2D eigenvalue weighted by Crippen LogP contribution is 2.23. The van der Waals surface area contributed by atoms with Crippen LogP contribution in [0.4, 0.5) is 0 Å². The Morgan fingerprint density at radius 2 is 1.75 bits per heavy atom. The van der Waals surface area contributed by atoms with Gasteiger partial charge >= 0.3 is 0 Å². The highest BCUT2D eigenvalue weighted by molar-refractivity contribution is 14.0. The number of hydrogen-bond donors (Lipinski definition) is 3. The predicted molar refractivity (Wildman–Crippen MR) is 140 cm³/mol. The summed E-state index contributed by atoms with van der Waals surface area (Å²) < 4.78 is 11.3. The van der Waals surface area contributed by atoms with Gasteiger partial charge in [0.05, 0.1) is 6.54 Å². The molecule has 0 aromatic heterocycles. The second-order valence-corrected chi connectivity index (χ2v) is 8.09. The number of carbonyl (C=O) groups is 1. The number of nitrogens with two attached hydrogens (primary N) is 1. The molecule has 0 fully saturated rings. The molecule has 0 radical (unpaired) electrons. The number of guanidine groups is 1. The summed E-state index contributed by atoms with van der Waals surface area (Å²) >= 11 is 0. The smallest absolute Gasteiger partial charge is 0.255 e. The number of nitrogens with zero attached hydrogens (tertiary/aromatic N) is 1. The van der Waals surface area contributed by atoms with Gasteiger partial charge in [0.15, 0.2) is 12.6 Å². The summed E-state index contributed by atoms with van der Waals surface area (Å²) in [4.78, 5) is 15.5. The minimum Gasteiger partial charge on any atom is -0.488 e. The van der Waals surface area contributed by atoms with E-state index in [2.05, 4.69) is 10.6 Å². The average molecular weight is 554 g/mol. The van der Waals surface area contributed by atoms with Gasteiger partial charge in [0.2, 0.25) is 0 Å². The molecule has 0 aliphatic rings. The maximum absolute atomic E-state index is 10.8. The van der Waals surface area contributed by atoms with E-state index in [9.17, 15) is 4.79 Å². The molecule has 0 aliphatic heterocycles. The van der Waals surface area contributed by atoms with Crippen LogP contribution in [0.2, 0.25) is 0 Å². The van der Waals surface area contributed by atoms with Gasteiger partial charge in [-0.15, -0.1) is 24.0 Å². The number of rotatable bonds is 10. The van der Waals surface area contributed by atoms with E-state index in [1.165, 1.54) is 0 Å². The fourth-order valence-corrected chi connectivity index (χ4v) is 2.80. The van der Waals surface area contributed by atoms with E-state index in [4.69, 9.17) is 20.2 Å². The Balaban J connectivity index is 0.00000512. The average Bonchev–Trinajstić information content (AvgIpc) is 2.71. The lowest BCUT2D eigenvalue weighted by Crippen LogP contribution is -2.38. The topological polar surface area (TPSA) is 98.0 Å². The third-order valence-corrected chi connectivity index (χ3v) is 4.15. The SMILES string of the molecule is CCNC(=NCc1ccccc1OC(C)(C)C)NCCc1ccc(OCC(N)=O)cc1.I. The van der Waals surface area contributed by atoms with Crippen molar-refractivity contribution < 1.29 is 14.3 Å². The largest absolute Gasteiger partial charge is 0.488 e. The lowest BCUT2D eigenvalue weighted by atomic mass is 10.1. The van der Waals surface area contributed by atoms with Crippen LogP contribution in [0.25, 0.3) is 0 Å². The zero-order chi connectivity index (χ0) is 22.7. The Kier molecular flexibility index (Phi) is 11.9. The molecule has 2 aromatic carbocycles. The number of carbonyl (C=O) groups excluding carboxylic acids is 1. The highest BCUT2D eigenvalue weighted by Gasteiger charge is 2.14. The highest BCUT2D eigenvalue weighted by atomic mass is 127. The fourth-order valence-electron chi connectivity index (χ4n) is 2.80. The van der Waals surface area contributed by atoms with Crippen LogP contribution >= 0.6 is 24.0 Å². The minimum atomic E-state index is -0.490. The normalized spacial score (nSPS) is 11.3. The maximum Gasteiger partial charge on any atom is 0.255 e. The van der Waals surface area contributed by atoms with E-state index in [-0.39, 0.29) is 36.2 Å². The minimum absolute atomic E-state index is 0. The van der Waals surface area contributed by atoms with Crippen LogP contribution in [0.3, 0.4) is 0 Å². The summed E-state index contributed by atoms with van der Waals surface area (Å²) in [6, 6.07) is 15.6. The van der Waals surface area contributed by atoms with Crippen molar-refractivity contribution in [3.63, 3.8) is 0 Å². The second kappa shape index (κ2) is 13.8. The molecule has 0 bridgehead atoms. The molecule has 1 amide bonds. The third-order valence-electron chi connectivity index (χ3n) is 4.15. The lowest BCUT2D eigenvalue weighted by molar-refractivity contribution is -0.119. The second-order valence-electron chi connectivity index (χ2n) is 8.09. The quantitative estimate of drug-likeness (QED) is 0.237. The van der Waals surface area contributed by atoms with Gasteiger partial charge < -0.3 is 25.8 Å². The van der Waals surface area contributed by atoms with E-state index in [0.29, 0.717) is 12.3 Å². The summed E-state index contributed by atoms with van der Waals surface area (Å²) in [5.74, 6) is 1.75. The van der Waals surface area contributed by atoms with Crippen molar-refractivity contribution >= 4 is 35.8 Å². The zero-order valence-corrected chi connectivity index (χ0v) is 21.6. The van der Waals surface area contributed by atoms with E-state index in [1.807, 2.05) is 76.2 Å². The molecular formula is C24H35IN4O3. The van der Waals surface area contributed by atoms with Gasteiger partial charge in [-0.25, -0.2) is 4.99 Å². The molecule has 32 heavy (non-hydrogen) atoms. The van der Waals surface area contributed by atoms with Gasteiger partial charge in [-0.3, -0.25) is 4.79 Å². The molecule has 0 spiro atoms. The number of halogens is 1. The summed E-state index contributed by atoms with van der Waals surface area (Å²) in [7, 11) is 0. The summed E-state index contributed by atoms with van der Waals surface area (Å²) in [5.41, 5.74) is 7.02. The lowest BCUT2D eigenvalue weighted by Gasteiger charge is -2.23. The summed E-state index contributed by atoms with van der Waals surface area (Å²) in [6.45, 7) is 10.1. The molecule has 0 unspecified atom stereocenters. The van der Waals surface area contributed by atoms with Gasteiger partial charge in [0, 0.05) is 18.7 Å². The van der Waals surface area contributed by atoms with E-state index in [1.54, 1.807) is 0 Å². The molecule has 0 saturated heterocycles. The molecule has 176 valence electrons. The summed E-state index contributed by atoms with van der Waals surface area (Å²) in [5, 5.41) is 6.65. The van der Waals surface area contributed by atoms with Crippen molar-refractivity contribution in [2.24, 2.45) is 10.7 Å². The van der Waals surface area contributed by atoms with Crippen LogP contribution in [-0.4, -0.2) is 37.2 Å². The number of benzene rings is 2. The first-order valence-electron chi connectivity index (χ1n) is 10.6. The third kappa shape index (κ3) is 10.7. The molecule has 0 atom stereocenters. The molecule has 0 saturated carbocycles. The van der Waals surface area contributed by atoms with Gasteiger partial charge in [0.25, 0.3) is 5.91 Å². The number of ether oxygens (including phenoxy) is 2. The van der Waals surface area contributed by atoms with Gasteiger partial charge in [-0.1, -0.05) is 30.3 Å². The van der Waals surface area contributed by atoms with Crippen molar-refractivity contribution in [2.75, 3.05) is 19.7 Å². The van der Waals surface area contributed by atoms with Crippen LogP contribution < -0.4 is 25.8 Å². The first-order valence-corrected chi connectivity index (χ1v) is 10.6. The van der Waals surface area contributed by atoms with Crippen molar-refractivity contribution in [1.82, 2.24) is 10.6 Å². The number of para-hydroxylation sites is 1. The number of primary amides is 1. The Labute approximate surface area is 208 Å². The summed E-state index contributed by atoms with van der Waals surface area (Å²) in [6.07, 6.45) is 0.824. The van der Waals surface area contributed by atoms with Crippen molar-refractivity contribution in [2.45, 2.75) is 46.3 Å². The van der Waals surface area contributed by atoms with Crippen LogP contribution in [0.15, 0.2) is 53.5 Å². The number of hydrogen-bond acceptors (Lipinski definition) is 4. The predicted octanol–water partition coefficient (Wildman–Crippen LogP) is 3.64. The molecule has 7 nitrogen and oxygen atoms in total. The molecular weight excluding hydrogens is 519 g/mol. The number of amides is 1.